The minimum Gasteiger partial charge on any atom is -0.461 e. The summed E-state index contributed by atoms with van der Waals surface area (Å²) in [5.74, 6) is 1.11. The molecule has 0 amide bonds. The molecule has 0 saturated carbocycles. The fourth-order valence-corrected chi connectivity index (χ4v) is 2.52. The molecule has 0 aliphatic rings. The fourth-order valence-electron chi connectivity index (χ4n) is 2.52. The summed E-state index contributed by atoms with van der Waals surface area (Å²) in [4.78, 5) is 0. The van der Waals surface area contributed by atoms with Crippen LogP contribution in [0.4, 0.5) is 0 Å². The van der Waals surface area contributed by atoms with Gasteiger partial charge in [-0.15, -0.1) is 0 Å². The van der Waals surface area contributed by atoms with Gasteiger partial charge >= 0.3 is 0 Å². The Hall–Kier alpha value is -1.28. The zero-order chi connectivity index (χ0) is 13.5. The van der Waals surface area contributed by atoms with Gasteiger partial charge in [0.05, 0.1) is 0 Å². The maximum Gasteiger partial charge on any atom is 0.134 e. The molecule has 2 aromatic rings. The molecule has 104 valence electrons. The first-order valence-corrected chi connectivity index (χ1v) is 7.54. The molecule has 0 aliphatic carbocycles. The van der Waals surface area contributed by atoms with Gasteiger partial charge in [0.1, 0.15) is 11.3 Å². The van der Waals surface area contributed by atoms with Crippen molar-refractivity contribution in [2.24, 2.45) is 0 Å². The molecule has 1 aromatic heterocycles. The smallest absolute Gasteiger partial charge is 0.134 e. The average Bonchev–Trinajstić information content (AvgIpc) is 2.84. The van der Waals surface area contributed by atoms with Gasteiger partial charge in [0.15, 0.2) is 0 Å². The molecule has 0 bridgehead atoms. The van der Waals surface area contributed by atoms with Gasteiger partial charge in [-0.05, 0) is 37.9 Å². The van der Waals surface area contributed by atoms with Crippen molar-refractivity contribution in [3.8, 4) is 0 Å². The second-order valence-electron chi connectivity index (χ2n) is 5.23. The number of hydrogen-bond acceptors (Lipinski definition) is 2. The van der Waals surface area contributed by atoms with Gasteiger partial charge in [0, 0.05) is 17.8 Å². The predicted molar refractivity (Wildman–Crippen MR) is 81.5 cm³/mol. The highest BCUT2D eigenvalue weighted by Crippen LogP contribution is 2.20. The van der Waals surface area contributed by atoms with E-state index in [-0.39, 0.29) is 0 Å². The third kappa shape index (κ3) is 4.10. The summed E-state index contributed by atoms with van der Waals surface area (Å²) >= 11 is 0. The first-order chi connectivity index (χ1) is 9.33. The highest BCUT2D eigenvalue weighted by atomic mass is 16.3. The van der Waals surface area contributed by atoms with Crippen LogP contribution in [0.15, 0.2) is 34.7 Å². The first kappa shape index (κ1) is 14.1. The van der Waals surface area contributed by atoms with Crippen LogP contribution in [-0.2, 0) is 6.42 Å². The molecule has 1 atom stereocenters. The van der Waals surface area contributed by atoms with Crippen LogP contribution in [0.3, 0.4) is 0 Å². The van der Waals surface area contributed by atoms with E-state index < -0.39 is 0 Å². The molecule has 0 radical (unpaired) electrons. The van der Waals surface area contributed by atoms with Crippen molar-refractivity contribution in [2.75, 3.05) is 6.54 Å². The molecule has 1 unspecified atom stereocenters. The Morgan fingerprint density at radius 3 is 2.68 bits per heavy atom. The maximum atomic E-state index is 5.87. The lowest BCUT2D eigenvalue weighted by Gasteiger charge is -2.16. The summed E-state index contributed by atoms with van der Waals surface area (Å²) in [5, 5.41) is 4.85. The van der Waals surface area contributed by atoms with Crippen molar-refractivity contribution in [3.05, 3.63) is 36.1 Å². The molecule has 1 heterocycles. The van der Waals surface area contributed by atoms with Gasteiger partial charge in [0.2, 0.25) is 0 Å². The standard InChI is InChI=1S/C17H25NO/c1-3-7-15(18-12-4-2)10-11-16-13-14-8-5-6-9-17(14)19-16/h5-6,8-9,13,15,18H,3-4,7,10-12H2,1-2H3. The quantitative estimate of drug-likeness (QED) is 0.753. The number of rotatable bonds is 8. The molecule has 1 aromatic carbocycles. The van der Waals surface area contributed by atoms with Crippen molar-refractivity contribution in [1.29, 1.82) is 0 Å². The van der Waals surface area contributed by atoms with Gasteiger partial charge in [-0.2, -0.15) is 0 Å². The van der Waals surface area contributed by atoms with E-state index in [1.165, 1.54) is 24.6 Å². The van der Waals surface area contributed by atoms with Crippen molar-refractivity contribution >= 4 is 11.0 Å². The summed E-state index contributed by atoms with van der Waals surface area (Å²) in [7, 11) is 0. The highest BCUT2D eigenvalue weighted by molar-refractivity contribution is 5.77. The number of benzene rings is 1. The maximum absolute atomic E-state index is 5.87. The summed E-state index contributed by atoms with van der Waals surface area (Å²) in [6.45, 7) is 5.59. The molecule has 2 nitrogen and oxygen atoms in total. The predicted octanol–water partition coefficient (Wildman–Crippen LogP) is 4.53. The van der Waals surface area contributed by atoms with Gasteiger partial charge in [-0.25, -0.2) is 0 Å². The zero-order valence-corrected chi connectivity index (χ0v) is 12.1. The van der Waals surface area contributed by atoms with Crippen LogP contribution in [-0.4, -0.2) is 12.6 Å². The van der Waals surface area contributed by atoms with Crippen molar-refractivity contribution < 1.29 is 4.42 Å². The third-order valence-corrected chi connectivity index (χ3v) is 3.54. The Morgan fingerprint density at radius 2 is 1.95 bits per heavy atom. The Bertz CT molecular complexity index is 456. The minimum absolute atomic E-state index is 0.623. The van der Waals surface area contributed by atoms with Gasteiger partial charge < -0.3 is 9.73 Å². The van der Waals surface area contributed by atoms with Crippen LogP contribution in [0.5, 0.6) is 0 Å². The van der Waals surface area contributed by atoms with Gasteiger partial charge in [-0.3, -0.25) is 0 Å². The van der Waals surface area contributed by atoms with Crippen LogP contribution in [0.2, 0.25) is 0 Å². The molecule has 0 saturated heterocycles. The number of fused-ring (bicyclic) bond motifs is 1. The van der Waals surface area contributed by atoms with E-state index in [0.717, 1.165) is 30.7 Å². The second-order valence-corrected chi connectivity index (χ2v) is 5.23. The lowest BCUT2D eigenvalue weighted by molar-refractivity contribution is 0.429. The van der Waals surface area contributed by atoms with E-state index in [1.54, 1.807) is 0 Å². The van der Waals surface area contributed by atoms with Crippen LogP contribution >= 0.6 is 0 Å². The topological polar surface area (TPSA) is 25.2 Å². The highest BCUT2D eigenvalue weighted by Gasteiger charge is 2.09. The summed E-state index contributed by atoms with van der Waals surface area (Å²) < 4.78 is 5.87. The second kappa shape index (κ2) is 7.34. The molecule has 2 heteroatoms. The Kier molecular flexibility index (Phi) is 5.46. The van der Waals surface area contributed by atoms with Crippen LogP contribution in [0, 0.1) is 0 Å². The van der Waals surface area contributed by atoms with Gasteiger partial charge in [-0.1, -0.05) is 38.5 Å². The van der Waals surface area contributed by atoms with E-state index in [1.807, 2.05) is 12.1 Å². The third-order valence-electron chi connectivity index (χ3n) is 3.54. The SMILES string of the molecule is CCCNC(CCC)CCc1cc2ccccc2o1. The molecule has 2 rings (SSSR count). The molecule has 1 N–H and O–H groups in total. The molecular weight excluding hydrogens is 234 g/mol. The van der Waals surface area contributed by atoms with Crippen LogP contribution < -0.4 is 5.32 Å². The Labute approximate surface area is 116 Å². The Morgan fingerprint density at radius 1 is 1.11 bits per heavy atom. The van der Waals surface area contributed by atoms with E-state index in [2.05, 4.69) is 37.4 Å². The van der Waals surface area contributed by atoms with Crippen molar-refractivity contribution in [3.63, 3.8) is 0 Å². The zero-order valence-electron chi connectivity index (χ0n) is 12.1. The van der Waals surface area contributed by atoms with Crippen LogP contribution in [0.25, 0.3) is 11.0 Å². The molecule has 0 aliphatic heterocycles. The summed E-state index contributed by atoms with van der Waals surface area (Å²) in [5.41, 5.74) is 1.01. The normalized spacial score (nSPS) is 12.9. The van der Waals surface area contributed by atoms with Crippen molar-refractivity contribution in [1.82, 2.24) is 5.32 Å². The average molecular weight is 259 g/mol. The monoisotopic (exact) mass is 259 g/mol. The lowest BCUT2D eigenvalue weighted by Crippen LogP contribution is -2.30. The molecular formula is C17H25NO. The molecule has 0 fully saturated rings. The van der Waals surface area contributed by atoms with E-state index in [9.17, 15) is 0 Å². The minimum atomic E-state index is 0.623. The largest absolute Gasteiger partial charge is 0.461 e. The molecule has 0 spiro atoms. The number of aryl methyl sites for hydroxylation is 1. The first-order valence-electron chi connectivity index (χ1n) is 7.54. The number of hydrogen-bond donors (Lipinski definition) is 1. The number of para-hydroxylation sites is 1. The van der Waals surface area contributed by atoms with E-state index >= 15 is 0 Å². The summed E-state index contributed by atoms with van der Waals surface area (Å²) in [6.07, 6.45) is 5.87. The van der Waals surface area contributed by atoms with Crippen LogP contribution in [0.1, 0.15) is 45.3 Å². The lowest BCUT2D eigenvalue weighted by atomic mass is 10.0. The fraction of sp³-hybridized carbons (Fsp3) is 0.529. The Balaban J connectivity index is 1.91. The molecule has 19 heavy (non-hydrogen) atoms. The van der Waals surface area contributed by atoms with E-state index in [4.69, 9.17) is 4.42 Å². The summed E-state index contributed by atoms with van der Waals surface area (Å²) in [6, 6.07) is 11.0. The number of furan rings is 1. The number of nitrogens with one attached hydrogen (secondary N) is 1. The van der Waals surface area contributed by atoms with Gasteiger partial charge in [0.25, 0.3) is 0 Å². The van der Waals surface area contributed by atoms with Crippen molar-refractivity contribution in [2.45, 2.75) is 52.0 Å². The van der Waals surface area contributed by atoms with E-state index in [0.29, 0.717) is 6.04 Å².